The maximum Gasteiger partial charge on any atom is 0.416 e. The summed E-state index contributed by atoms with van der Waals surface area (Å²) in [6.45, 7) is 0. The number of anilines is 1. The van der Waals surface area contributed by atoms with E-state index in [1.165, 1.54) is 17.0 Å². The van der Waals surface area contributed by atoms with Gasteiger partial charge in [-0.15, -0.1) is 0 Å². The van der Waals surface area contributed by atoms with Gasteiger partial charge in [-0.25, -0.2) is 0 Å². The third-order valence-corrected chi connectivity index (χ3v) is 5.70. The number of nitrogens with zero attached hydrogens (tertiary/aromatic N) is 2. The van der Waals surface area contributed by atoms with Gasteiger partial charge in [-0.3, -0.25) is 14.8 Å². The molecule has 8 heteroatoms. The van der Waals surface area contributed by atoms with Crippen LogP contribution in [0.5, 0.6) is 5.75 Å². The average molecular weight is 449 g/mol. The number of aromatic nitrogens is 2. The number of ether oxygens (including phenoxy) is 1. The second-order valence-electron chi connectivity index (χ2n) is 7.63. The second-order valence-corrected chi connectivity index (χ2v) is 7.63. The summed E-state index contributed by atoms with van der Waals surface area (Å²) in [6.07, 6.45) is -4.53. The molecule has 2 heterocycles. The number of H-pyrrole nitrogens is 1. The molecule has 0 saturated heterocycles. The van der Waals surface area contributed by atoms with E-state index < -0.39 is 23.7 Å². The lowest BCUT2D eigenvalue weighted by atomic mass is 9.95. The molecule has 0 radical (unpaired) electrons. The van der Waals surface area contributed by atoms with Crippen molar-refractivity contribution in [3.8, 4) is 17.0 Å². The largest absolute Gasteiger partial charge is 0.497 e. The standard InChI is InChI=1S/C25H18F3N3O2/c1-33-19-12-10-16(11-13-19)23-20-21(15-6-3-2-4-7-15)29-30-22(20)24(32)31(23)18-9-5-8-17(14-18)25(26,27)28/h2-14,23H,1H3,(H,29,30). The van der Waals surface area contributed by atoms with Gasteiger partial charge in [-0.05, 0) is 35.9 Å². The molecule has 1 amide bonds. The van der Waals surface area contributed by atoms with Crippen molar-refractivity contribution in [3.63, 3.8) is 0 Å². The van der Waals surface area contributed by atoms with Crippen LogP contribution in [0.25, 0.3) is 11.3 Å². The Hall–Kier alpha value is -4.07. The molecule has 0 bridgehead atoms. The normalized spacial score (nSPS) is 15.6. The van der Waals surface area contributed by atoms with Crippen LogP contribution in [0.3, 0.4) is 0 Å². The summed E-state index contributed by atoms with van der Waals surface area (Å²) >= 11 is 0. The van der Waals surface area contributed by atoms with E-state index in [-0.39, 0.29) is 11.4 Å². The van der Waals surface area contributed by atoms with Gasteiger partial charge in [0.25, 0.3) is 5.91 Å². The summed E-state index contributed by atoms with van der Waals surface area (Å²) in [6, 6.07) is 20.6. The minimum Gasteiger partial charge on any atom is -0.497 e. The third-order valence-electron chi connectivity index (χ3n) is 5.70. The molecule has 4 aromatic rings. The van der Waals surface area contributed by atoms with Crippen LogP contribution in [0.4, 0.5) is 18.9 Å². The van der Waals surface area contributed by atoms with E-state index >= 15 is 0 Å². The SMILES string of the molecule is COc1ccc(C2c3c(-c4ccccc4)n[nH]c3C(=O)N2c2cccc(C(F)(F)F)c2)cc1. The van der Waals surface area contributed by atoms with Crippen LogP contribution >= 0.6 is 0 Å². The highest BCUT2D eigenvalue weighted by Gasteiger charge is 2.43. The van der Waals surface area contributed by atoms with Crippen molar-refractivity contribution in [1.82, 2.24) is 10.2 Å². The first kappa shape index (κ1) is 20.8. The third kappa shape index (κ3) is 3.53. The topological polar surface area (TPSA) is 58.2 Å². The fourth-order valence-electron chi connectivity index (χ4n) is 4.16. The van der Waals surface area contributed by atoms with Gasteiger partial charge >= 0.3 is 6.18 Å². The first-order valence-corrected chi connectivity index (χ1v) is 10.2. The molecule has 3 aromatic carbocycles. The zero-order valence-electron chi connectivity index (χ0n) is 17.4. The number of aromatic amines is 1. The number of methoxy groups -OCH3 is 1. The van der Waals surface area contributed by atoms with Gasteiger partial charge in [0.15, 0.2) is 0 Å². The maximum atomic E-state index is 13.5. The van der Waals surface area contributed by atoms with Gasteiger partial charge in [-0.1, -0.05) is 48.5 Å². The van der Waals surface area contributed by atoms with Gasteiger partial charge in [0, 0.05) is 16.8 Å². The summed E-state index contributed by atoms with van der Waals surface area (Å²) in [4.78, 5) is 14.8. The van der Waals surface area contributed by atoms with Crippen LogP contribution in [0, 0.1) is 0 Å². The first-order chi connectivity index (χ1) is 15.9. The number of fused-ring (bicyclic) bond motifs is 1. The molecule has 166 valence electrons. The van der Waals surface area contributed by atoms with Crippen molar-refractivity contribution in [2.75, 3.05) is 12.0 Å². The summed E-state index contributed by atoms with van der Waals surface area (Å²) in [7, 11) is 1.55. The monoisotopic (exact) mass is 449 g/mol. The predicted molar refractivity (Wildman–Crippen MR) is 117 cm³/mol. The van der Waals surface area contributed by atoms with Crippen LogP contribution in [0.2, 0.25) is 0 Å². The summed E-state index contributed by atoms with van der Waals surface area (Å²) < 4.78 is 45.5. The number of carbonyl (C=O) groups is 1. The second kappa shape index (κ2) is 7.81. The van der Waals surface area contributed by atoms with Crippen molar-refractivity contribution >= 4 is 11.6 Å². The van der Waals surface area contributed by atoms with Gasteiger partial charge in [-0.2, -0.15) is 18.3 Å². The number of halogens is 3. The molecule has 5 nitrogen and oxygen atoms in total. The van der Waals surface area contributed by atoms with Gasteiger partial charge in [0.05, 0.1) is 24.4 Å². The Morgan fingerprint density at radius 3 is 2.36 bits per heavy atom. The summed E-state index contributed by atoms with van der Waals surface area (Å²) in [5.74, 6) is 0.184. The van der Waals surface area contributed by atoms with Crippen LogP contribution < -0.4 is 9.64 Å². The van der Waals surface area contributed by atoms with Crippen molar-refractivity contribution in [3.05, 3.63) is 101 Å². The van der Waals surface area contributed by atoms with Gasteiger partial charge < -0.3 is 4.74 Å². The molecular formula is C25H18F3N3O2. The van der Waals surface area contributed by atoms with E-state index in [9.17, 15) is 18.0 Å². The molecule has 33 heavy (non-hydrogen) atoms. The molecule has 1 atom stereocenters. The van der Waals surface area contributed by atoms with Gasteiger partial charge in [0.2, 0.25) is 0 Å². The van der Waals surface area contributed by atoms with Gasteiger partial charge in [0.1, 0.15) is 11.4 Å². The fraction of sp³-hybridized carbons (Fsp3) is 0.120. The number of nitrogens with one attached hydrogen (secondary N) is 1. The predicted octanol–water partition coefficient (Wildman–Crippen LogP) is 5.85. The Kier molecular flexibility index (Phi) is 4.92. The quantitative estimate of drug-likeness (QED) is 0.425. The maximum absolute atomic E-state index is 13.5. The van der Waals surface area contributed by atoms with Crippen molar-refractivity contribution < 1.29 is 22.7 Å². The Bertz CT molecular complexity index is 1310. The van der Waals surface area contributed by atoms with Crippen molar-refractivity contribution in [2.24, 2.45) is 0 Å². The number of alkyl halides is 3. The first-order valence-electron chi connectivity index (χ1n) is 10.2. The van der Waals surface area contributed by atoms with Crippen LogP contribution in [0.1, 0.15) is 33.2 Å². The number of hydrogen-bond donors (Lipinski definition) is 1. The van der Waals surface area contributed by atoms with Crippen LogP contribution in [-0.2, 0) is 6.18 Å². The zero-order valence-corrected chi connectivity index (χ0v) is 17.4. The zero-order chi connectivity index (χ0) is 23.2. The van der Waals surface area contributed by atoms with Crippen LogP contribution in [-0.4, -0.2) is 23.2 Å². The summed E-state index contributed by atoms with van der Waals surface area (Å²) in [5, 5.41) is 7.19. The molecule has 0 spiro atoms. The molecule has 0 aliphatic carbocycles. The average Bonchev–Trinajstić information content (AvgIpc) is 3.38. The Balaban J connectivity index is 1.70. The molecule has 5 rings (SSSR count). The molecule has 1 aliphatic heterocycles. The van der Waals surface area contributed by atoms with E-state index in [0.29, 0.717) is 17.0 Å². The summed E-state index contributed by atoms with van der Waals surface area (Å²) in [5.41, 5.74) is 2.30. The molecule has 1 aliphatic rings. The number of carbonyl (C=O) groups excluding carboxylic acids is 1. The number of benzene rings is 3. The number of hydrogen-bond acceptors (Lipinski definition) is 3. The fourth-order valence-corrected chi connectivity index (χ4v) is 4.16. The Morgan fingerprint density at radius 1 is 0.970 bits per heavy atom. The highest BCUT2D eigenvalue weighted by Crippen LogP contribution is 2.46. The lowest BCUT2D eigenvalue weighted by Crippen LogP contribution is -2.29. The molecule has 1 aromatic heterocycles. The molecule has 1 N–H and O–H groups in total. The number of rotatable bonds is 4. The Labute approximate surface area is 187 Å². The Morgan fingerprint density at radius 2 is 1.70 bits per heavy atom. The van der Waals surface area contributed by atoms with E-state index in [0.717, 1.165) is 23.3 Å². The number of amides is 1. The molecule has 1 unspecified atom stereocenters. The smallest absolute Gasteiger partial charge is 0.416 e. The van der Waals surface area contributed by atoms with E-state index in [4.69, 9.17) is 4.74 Å². The van der Waals surface area contributed by atoms with Crippen molar-refractivity contribution in [1.29, 1.82) is 0 Å². The lowest BCUT2D eigenvalue weighted by Gasteiger charge is -2.27. The minimum absolute atomic E-state index is 0.152. The lowest BCUT2D eigenvalue weighted by molar-refractivity contribution is -0.137. The highest BCUT2D eigenvalue weighted by atomic mass is 19.4. The van der Waals surface area contributed by atoms with E-state index in [2.05, 4.69) is 10.2 Å². The minimum atomic E-state index is -4.53. The van der Waals surface area contributed by atoms with Crippen LogP contribution in [0.15, 0.2) is 78.9 Å². The van der Waals surface area contributed by atoms with E-state index in [1.807, 2.05) is 30.3 Å². The molecular weight excluding hydrogens is 431 g/mol. The molecule has 0 saturated carbocycles. The highest BCUT2D eigenvalue weighted by molar-refractivity contribution is 6.11. The van der Waals surface area contributed by atoms with E-state index in [1.54, 1.807) is 31.4 Å². The van der Waals surface area contributed by atoms with Crippen molar-refractivity contribution in [2.45, 2.75) is 12.2 Å². The molecule has 0 fully saturated rings.